The number of aliphatic carboxylic acids is 1. The minimum Gasteiger partial charge on any atom is -0.480 e. The SMILES string of the molecule is CC1CN(CC(=O)O)[C@@H](CN2CCOC[C@H]2C)CN1P. The van der Waals surface area contributed by atoms with Gasteiger partial charge in [0.15, 0.2) is 0 Å². The number of rotatable bonds is 4. The lowest BCUT2D eigenvalue weighted by Gasteiger charge is -2.46. The van der Waals surface area contributed by atoms with Gasteiger partial charge in [-0.05, 0) is 13.8 Å². The van der Waals surface area contributed by atoms with Crippen LogP contribution < -0.4 is 0 Å². The highest BCUT2D eigenvalue weighted by atomic mass is 31.0. The first kappa shape index (κ1) is 16.1. The molecule has 0 aromatic carbocycles. The molecule has 0 radical (unpaired) electrons. The second kappa shape index (κ2) is 7.14. The van der Waals surface area contributed by atoms with E-state index in [4.69, 9.17) is 9.84 Å². The van der Waals surface area contributed by atoms with Crippen molar-refractivity contribution in [3.8, 4) is 0 Å². The molecule has 2 aliphatic heterocycles. The van der Waals surface area contributed by atoms with E-state index in [1.165, 1.54) is 0 Å². The van der Waals surface area contributed by atoms with Gasteiger partial charge in [-0.25, -0.2) is 0 Å². The van der Waals surface area contributed by atoms with Gasteiger partial charge < -0.3 is 9.84 Å². The summed E-state index contributed by atoms with van der Waals surface area (Å²) in [7, 11) is 2.77. The number of carboxylic acid groups (broad SMARTS) is 1. The molecule has 2 heterocycles. The van der Waals surface area contributed by atoms with E-state index in [-0.39, 0.29) is 12.6 Å². The maximum atomic E-state index is 11.1. The zero-order chi connectivity index (χ0) is 14.7. The quantitative estimate of drug-likeness (QED) is 0.735. The van der Waals surface area contributed by atoms with E-state index < -0.39 is 5.97 Å². The summed E-state index contributed by atoms with van der Waals surface area (Å²) in [5.74, 6) is -0.741. The van der Waals surface area contributed by atoms with Crippen LogP contribution in [0.3, 0.4) is 0 Å². The lowest BCUT2D eigenvalue weighted by molar-refractivity contribution is -0.140. The molecule has 2 fully saturated rings. The minimum absolute atomic E-state index is 0.131. The van der Waals surface area contributed by atoms with Gasteiger partial charge in [-0.15, -0.1) is 0 Å². The van der Waals surface area contributed by atoms with Gasteiger partial charge in [0, 0.05) is 44.3 Å². The maximum absolute atomic E-state index is 11.1. The highest BCUT2D eigenvalue weighted by Gasteiger charge is 2.33. The molecular formula is C13H26N3O3P. The standard InChI is InChI=1S/C13H26N3O3P/c1-10-5-15(8-13(17)18)12(7-16(10)20)6-14-3-4-19-9-11(14)2/h10-12H,3-9,20H2,1-2H3,(H,17,18)/t10?,11-,12+/m1/s1. The third kappa shape index (κ3) is 4.12. The van der Waals surface area contributed by atoms with Crippen LogP contribution in [0.25, 0.3) is 0 Å². The van der Waals surface area contributed by atoms with Gasteiger partial charge in [0.2, 0.25) is 0 Å². The highest BCUT2D eigenvalue weighted by molar-refractivity contribution is 7.13. The van der Waals surface area contributed by atoms with Crippen molar-refractivity contribution in [2.75, 3.05) is 45.9 Å². The van der Waals surface area contributed by atoms with E-state index in [1.54, 1.807) is 0 Å². The average Bonchev–Trinajstić information content (AvgIpc) is 2.37. The van der Waals surface area contributed by atoms with Crippen molar-refractivity contribution in [2.24, 2.45) is 0 Å². The average molecular weight is 303 g/mol. The van der Waals surface area contributed by atoms with Crippen LogP contribution >= 0.6 is 9.39 Å². The molecule has 116 valence electrons. The van der Waals surface area contributed by atoms with E-state index in [2.05, 4.69) is 37.7 Å². The van der Waals surface area contributed by atoms with Gasteiger partial charge in [0.05, 0.1) is 19.8 Å². The largest absolute Gasteiger partial charge is 0.480 e. The van der Waals surface area contributed by atoms with E-state index in [1.807, 2.05) is 0 Å². The number of carboxylic acids is 1. The summed E-state index contributed by atoms with van der Waals surface area (Å²) in [6, 6.07) is 1.05. The second-order valence-corrected chi connectivity index (χ2v) is 6.60. The zero-order valence-corrected chi connectivity index (χ0v) is 13.5. The summed E-state index contributed by atoms with van der Waals surface area (Å²) in [4.78, 5) is 15.6. The fraction of sp³-hybridized carbons (Fsp3) is 0.923. The van der Waals surface area contributed by atoms with Crippen molar-refractivity contribution in [3.63, 3.8) is 0 Å². The van der Waals surface area contributed by atoms with Crippen LogP contribution in [0.5, 0.6) is 0 Å². The number of carbonyl (C=O) groups is 1. The Labute approximate surface area is 123 Å². The van der Waals surface area contributed by atoms with Crippen molar-refractivity contribution in [2.45, 2.75) is 32.0 Å². The lowest BCUT2D eigenvalue weighted by Crippen LogP contribution is -2.60. The van der Waals surface area contributed by atoms with Crippen LogP contribution in [-0.4, -0.2) is 89.6 Å². The maximum Gasteiger partial charge on any atom is 0.317 e. The molecule has 0 aliphatic carbocycles. The van der Waals surface area contributed by atoms with E-state index in [9.17, 15) is 4.79 Å². The van der Waals surface area contributed by atoms with Gasteiger partial charge in [-0.1, -0.05) is 9.39 Å². The predicted octanol–water partition coefficient (Wildman–Crippen LogP) is -0.0435. The molecule has 0 aromatic rings. The van der Waals surface area contributed by atoms with Crippen LogP contribution in [0.1, 0.15) is 13.8 Å². The Kier molecular flexibility index (Phi) is 5.75. The molecule has 2 rings (SSSR count). The van der Waals surface area contributed by atoms with Crippen molar-refractivity contribution in [1.29, 1.82) is 0 Å². The Morgan fingerprint density at radius 1 is 1.30 bits per heavy atom. The Bertz CT molecular complexity index is 345. The predicted molar refractivity (Wildman–Crippen MR) is 80.7 cm³/mol. The van der Waals surface area contributed by atoms with Crippen LogP contribution in [0.4, 0.5) is 0 Å². The van der Waals surface area contributed by atoms with E-state index in [0.717, 1.165) is 39.4 Å². The Morgan fingerprint density at radius 2 is 2.05 bits per heavy atom. The summed E-state index contributed by atoms with van der Waals surface area (Å²) in [6.45, 7) is 9.53. The number of hydrogen-bond donors (Lipinski definition) is 1. The second-order valence-electron chi connectivity index (χ2n) is 5.94. The molecule has 0 aromatic heterocycles. The molecule has 6 nitrogen and oxygen atoms in total. The molecular weight excluding hydrogens is 277 g/mol. The summed E-state index contributed by atoms with van der Waals surface area (Å²) in [6.07, 6.45) is 0. The third-order valence-corrected chi connectivity index (χ3v) is 5.01. The van der Waals surface area contributed by atoms with Crippen molar-refractivity contribution >= 4 is 15.4 Å². The van der Waals surface area contributed by atoms with Gasteiger partial charge in [-0.2, -0.15) is 0 Å². The van der Waals surface area contributed by atoms with Gasteiger partial charge >= 0.3 is 5.97 Å². The number of ether oxygens (including phenoxy) is 1. The normalized spacial score (nSPS) is 34.2. The number of piperazine rings is 1. The summed E-state index contributed by atoms with van der Waals surface area (Å²) >= 11 is 0. The Morgan fingerprint density at radius 3 is 2.70 bits per heavy atom. The minimum atomic E-state index is -0.741. The topological polar surface area (TPSA) is 56.3 Å². The molecule has 0 amide bonds. The van der Waals surface area contributed by atoms with Crippen molar-refractivity contribution < 1.29 is 14.6 Å². The number of morpholine rings is 1. The first-order valence-electron chi connectivity index (χ1n) is 7.26. The van der Waals surface area contributed by atoms with Crippen LogP contribution in [0.15, 0.2) is 0 Å². The fourth-order valence-corrected chi connectivity index (χ4v) is 3.31. The molecule has 0 spiro atoms. The molecule has 0 bridgehead atoms. The van der Waals surface area contributed by atoms with E-state index >= 15 is 0 Å². The molecule has 2 saturated heterocycles. The number of hydrogen-bond acceptors (Lipinski definition) is 5. The highest BCUT2D eigenvalue weighted by Crippen LogP contribution is 2.20. The molecule has 20 heavy (non-hydrogen) atoms. The van der Waals surface area contributed by atoms with Crippen molar-refractivity contribution in [3.05, 3.63) is 0 Å². The molecule has 4 atom stereocenters. The van der Waals surface area contributed by atoms with Gasteiger partial charge in [0.25, 0.3) is 0 Å². The first-order valence-corrected chi connectivity index (χ1v) is 7.78. The van der Waals surface area contributed by atoms with Gasteiger partial charge in [-0.3, -0.25) is 19.3 Å². The van der Waals surface area contributed by atoms with Crippen LogP contribution in [0, 0.1) is 0 Å². The van der Waals surface area contributed by atoms with Crippen LogP contribution in [-0.2, 0) is 9.53 Å². The molecule has 2 unspecified atom stereocenters. The summed E-state index contributed by atoms with van der Waals surface area (Å²) in [5, 5.41) is 9.10. The van der Waals surface area contributed by atoms with E-state index in [0.29, 0.717) is 12.1 Å². The third-order valence-electron chi connectivity index (χ3n) is 4.29. The molecule has 2 aliphatic rings. The summed E-state index contributed by atoms with van der Waals surface area (Å²) < 4.78 is 7.71. The smallest absolute Gasteiger partial charge is 0.317 e. The van der Waals surface area contributed by atoms with Crippen molar-refractivity contribution in [1.82, 2.24) is 14.5 Å². The first-order chi connectivity index (χ1) is 9.47. The number of nitrogens with zero attached hydrogens (tertiary/aromatic N) is 3. The van der Waals surface area contributed by atoms with Crippen LogP contribution in [0.2, 0.25) is 0 Å². The Balaban J connectivity index is 1.99. The zero-order valence-electron chi connectivity index (χ0n) is 12.4. The molecule has 7 heteroatoms. The summed E-state index contributed by atoms with van der Waals surface area (Å²) in [5.41, 5.74) is 0. The lowest BCUT2D eigenvalue weighted by atomic mass is 10.1. The van der Waals surface area contributed by atoms with Gasteiger partial charge in [0.1, 0.15) is 0 Å². The fourth-order valence-electron chi connectivity index (χ4n) is 2.98. The monoisotopic (exact) mass is 303 g/mol. The molecule has 1 N–H and O–H groups in total. The Hall–Kier alpha value is -0.260. The molecule has 0 saturated carbocycles.